The number of para-hydroxylation sites is 2. The van der Waals surface area contributed by atoms with Crippen molar-refractivity contribution in [2.75, 3.05) is 19.5 Å². The van der Waals surface area contributed by atoms with Crippen LogP contribution < -0.4 is 5.32 Å². The quantitative estimate of drug-likeness (QED) is 0.360. The van der Waals surface area contributed by atoms with Crippen molar-refractivity contribution in [3.63, 3.8) is 0 Å². The van der Waals surface area contributed by atoms with Crippen LogP contribution in [0.5, 0.6) is 0 Å². The van der Waals surface area contributed by atoms with Gasteiger partial charge in [0.1, 0.15) is 18.1 Å². The Labute approximate surface area is 141 Å². The first-order valence-electron chi connectivity index (χ1n) is 6.89. The molecule has 1 heterocycles. The number of anilines is 1. The van der Waals surface area contributed by atoms with Crippen LogP contribution in [0.25, 0.3) is 5.69 Å². The monoisotopic (exact) mass is 346 g/mol. The van der Waals surface area contributed by atoms with Crippen molar-refractivity contribution in [2.45, 2.75) is 0 Å². The number of aromatic nitrogens is 2. The standard InChI is InChI=1S/C15H14N4O6/c1-24-14(20)7-12(15(21)25-2)17-11-5-3-4-6-13(11)18-9-10(8-16-18)19(22)23/h3-9,17H,1-2H3/b12-7+. The van der Waals surface area contributed by atoms with Crippen molar-refractivity contribution in [3.8, 4) is 5.69 Å². The minimum absolute atomic E-state index is 0.163. The molecule has 130 valence electrons. The molecule has 25 heavy (non-hydrogen) atoms. The second kappa shape index (κ2) is 7.73. The van der Waals surface area contributed by atoms with E-state index < -0.39 is 16.9 Å². The number of ether oxygens (including phenoxy) is 2. The minimum Gasteiger partial charge on any atom is -0.466 e. The summed E-state index contributed by atoms with van der Waals surface area (Å²) >= 11 is 0. The van der Waals surface area contributed by atoms with Gasteiger partial charge in [0.25, 0.3) is 0 Å². The number of carbonyl (C=O) groups is 2. The van der Waals surface area contributed by atoms with E-state index in [1.807, 2.05) is 0 Å². The summed E-state index contributed by atoms with van der Waals surface area (Å²) < 4.78 is 10.4. The van der Waals surface area contributed by atoms with Gasteiger partial charge in [0.2, 0.25) is 0 Å². The van der Waals surface area contributed by atoms with Gasteiger partial charge in [-0.15, -0.1) is 0 Å². The van der Waals surface area contributed by atoms with E-state index in [-0.39, 0.29) is 11.4 Å². The molecule has 0 spiro atoms. The Morgan fingerprint density at radius 2 is 2.00 bits per heavy atom. The fourth-order valence-corrected chi connectivity index (χ4v) is 1.90. The molecule has 0 saturated carbocycles. The lowest BCUT2D eigenvalue weighted by Crippen LogP contribution is -2.16. The van der Waals surface area contributed by atoms with Crippen LogP contribution in [0.2, 0.25) is 0 Å². The number of methoxy groups -OCH3 is 2. The van der Waals surface area contributed by atoms with Crippen LogP contribution in [0.4, 0.5) is 11.4 Å². The maximum absolute atomic E-state index is 11.8. The molecule has 1 N–H and O–H groups in total. The minimum atomic E-state index is -0.786. The molecule has 2 rings (SSSR count). The third-order valence-electron chi connectivity index (χ3n) is 3.07. The van der Waals surface area contributed by atoms with Crippen LogP contribution in [0.15, 0.2) is 48.4 Å². The molecule has 0 amide bonds. The summed E-state index contributed by atoms with van der Waals surface area (Å²) in [4.78, 5) is 33.5. The zero-order valence-corrected chi connectivity index (χ0v) is 13.3. The van der Waals surface area contributed by atoms with Gasteiger partial charge in [-0.1, -0.05) is 12.1 Å². The lowest BCUT2D eigenvalue weighted by atomic mass is 10.2. The van der Waals surface area contributed by atoms with Crippen LogP contribution in [-0.4, -0.2) is 40.9 Å². The summed E-state index contributed by atoms with van der Waals surface area (Å²) in [5, 5.41) is 17.5. The molecule has 0 atom stereocenters. The lowest BCUT2D eigenvalue weighted by Gasteiger charge is -2.13. The molecule has 2 aromatic rings. The van der Waals surface area contributed by atoms with Crippen molar-refractivity contribution in [3.05, 3.63) is 58.5 Å². The number of rotatable bonds is 6. The van der Waals surface area contributed by atoms with Gasteiger partial charge in [-0.2, -0.15) is 5.10 Å². The molecule has 0 radical (unpaired) electrons. The Hall–Kier alpha value is -3.69. The lowest BCUT2D eigenvalue weighted by molar-refractivity contribution is -0.384. The van der Waals surface area contributed by atoms with Gasteiger partial charge in [0.05, 0.1) is 36.6 Å². The molecular formula is C15H14N4O6. The molecule has 1 aromatic heterocycles. The summed E-state index contributed by atoms with van der Waals surface area (Å²) in [7, 11) is 2.34. The zero-order chi connectivity index (χ0) is 18.4. The number of benzene rings is 1. The highest BCUT2D eigenvalue weighted by Gasteiger charge is 2.16. The van der Waals surface area contributed by atoms with Crippen LogP contribution in [0.1, 0.15) is 0 Å². The van der Waals surface area contributed by atoms with E-state index in [0.717, 1.165) is 19.4 Å². The van der Waals surface area contributed by atoms with Crippen LogP contribution >= 0.6 is 0 Å². The molecule has 10 nitrogen and oxygen atoms in total. The third kappa shape index (κ3) is 4.19. The normalized spacial score (nSPS) is 10.9. The van der Waals surface area contributed by atoms with Gasteiger partial charge in [-0.3, -0.25) is 10.1 Å². The van der Waals surface area contributed by atoms with E-state index in [1.165, 1.54) is 18.0 Å². The maximum atomic E-state index is 11.8. The largest absolute Gasteiger partial charge is 0.466 e. The van der Waals surface area contributed by atoms with E-state index in [9.17, 15) is 19.7 Å². The average Bonchev–Trinajstić information content (AvgIpc) is 3.11. The van der Waals surface area contributed by atoms with Gasteiger partial charge >= 0.3 is 17.6 Å². The summed E-state index contributed by atoms with van der Waals surface area (Å²) in [5.74, 6) is -1.54. The molecule has 1 aromatic carbocycles. The second-order valence-electron chi connectivity index (χ2n) is 4.62. The predicted molar refractivity (Wildman–Crippen MR) is 86.0 cm³/mol. The molecule has 0 aliphatic heterocycles. The first-order chi connectivity index (χ1) is 12.0. The van der Waals surface area contributed by atoms with Gasteiger partial charge in [-0.05, 0) is 12.1 Å². The number of nitrogens with one attached hydrogen (secondary N) is 1. The van der Waals surface area contributed by atoms with Crippen molar-refractivity contribution in [1.29, 1.82) is 0 Å². The van der Waals surface area contributed by atoms with E-state index in [2.05, 4.69) is 19.9 Å². The van der Waals surface area contributed by atoms with Gasteiger partial charge in [0.15, 0.2) is 0 Å². The van der Waals surface area contributed by atoms with Crippen LogP contribution in [0, 0.1) is 10.1 Å². The molecule has 0 aliphatic carbocycles. The fraction of sp³-hybridized carbons (Fsp3) is 0.133. The number of hydrogen-bond acceptors (Lipinski definition) is 8. The third-order valence-corrected chi connectivity index (χ3v) is 3.07. The maximum Gasteiger partial charge on any atom is 0.354 e. The number of carbonyl (C=O) groups excluding carboxylic acids is 2. The van der Waals surface area contributed by atoms with Crippen molar-refractivity contribution in [1.82, 2.24) is 9.78 Å². The van der Waals surface area contributed by atoms with E-state index in [0.29, 0.717) is 11.4 Å². The highest BCUT2D eigenvalue weighted by Crippen LogP contribution is 2.23. The molecular weight excluding hydrogens is 332 g/mol. The predicted octanol–water partition coefficient (Wildman–Crippen LogP) is 1.42. The van der Waals surface area contributed by atoms with E-state index >= 15 is 0 Å². The smallest absolute Gasteiger partial charge is 0.354 e. The van der Waals surface area contributed by atoms with Gasteiger partial charge in [0, 0.05) is 0 Å². The summed E-state index contributed by atoms with van der Waals surface area (Å²) in [6.45, 7) is 0. The summed E-state index contributed by atoms with van der Waals surface area (Å²) in [6, 6.07) is 6.61. The zero-order valence-electron chi connectivity index (χ0n) is 13.3. The Bertz CT molecular complexity index is 842. The van der Waals surface area contributed by atoms with Crippen molar-refractivity contribution >= 4 is 23.3 Å². The fourth-order valence-electron chi connectivity index (χ4n) is 1.90. The molecule has 0 bridgehead atoms. The summed E-state index contributed by atoms with van der Waals surface area (Å²) in [6.07, 6.45) is 3.26. The number of nitrogens with zero attached hydrogens (tertiary/aromatic N) is 3. The second-order valence-corrected chi connectivity index (χ2v) is 4.62. The molecule has 0 aliphatic rings. The first kappa shape index (κ1) is 17.7. The molecule has 0 unspecified atom stereocenters. The van der Waals surface area contributed by atoms with Crippen molar-refractivity contribution < 1.29 is 24.0 Å². The average molecular weight is 346 g/mol. The Morgan fingerprint density at radius 1 is 1.28 bits per heavy atom. The molecule has 10 heteroatoms. The number of nitro groups is 1. The Balaban J connectivity index is 2.41. The van der Waals surface area contributed by atoms with Gasteiger partial charge < -0.3 is 14.8 Å². The number of esters is 2. The highest BCUT2D eigenvalue weighted by atomic mass is 16.6. The highest BCUT2D eigenvalue weighted by molar-refractivity contribution is 5.99. The van der Waals surface area contributed by atoms with Gasteiger partial charge in [-0.25, -0.2) is 14.3 Å². The van der Waals surface area contributed by atoms with E-state index in [4.69, 9.17) is 0 Å². The number of hydrogen-bond donors (Lipinski definition) is 1. The topological polar surface area (TPSA) is 126 Å². The van der Waals surface area contributed by atoms with Crippen LogP contribution in [-0.2, 0) is 19.1 Å². The van der Waals surface area contributed by atoms with Crippen molar-refractivity contribution in [2.24, 2.45) is 0 Å². The van der Waals surface area contributed by atoms with E-state index in [1.54, 1.807) is 24.3 Å². The molecule has 0 fully saturated rings. The SMILES string of the molecule is COC(=O)/C=C(/Nc1ccccc1-n1cc([N+](=O)[O-])cn1)C(=O)OC. The Morgan fingerprint density at radius 3 is 2.60 bits per heavy atom. The molecule has 0 saturated heterocycles. The first-order valence-corrected chi connectivity index (χ1v) is 6.89. The van der Waals surface area contributed by atoms with Crippen LogP contribution in [0.3, 0.4) is 0 Å². The Kier molecular flexibility index (Phi) is 5.46. The summed E-state index contributed by atoms with van der Waals surface area (Å²) in [5.41, 5.74) is 0.452.